The van der Waals surface area contributed by atoms with E-state index in [0.29, 0.717) is 10.1 Å². The molecule has 0 atom stereocenters. The molecule has 0 spiro atoms. The number of thiophene rings is 1. The molecule has 3 rings (SSSR count). The van der Waals surface area contributed by atoms with E-state index in [2.05, 4.69) is 5.32 Å². The van der Waals surface area contributed by atoms with Crippen LogP contribution in [0.1, 0.15) is 15.2 Å². The molecule has 1 heterocycles. The zero-order valence-electron chi connectivity index (χ0n) is 12.9. The summed E-state index contributed by atoms with van der Waals surface area (Å²) in [5, 5.41) is 2.91. The van der Waals surface area contributed by atoms with Crippen molar-refractivity contribution in [2.75, 3.05) is 6.61 Å². The topological polar surface area (TPSA) is 55.4 Å². The number of fused-ring (bicyclic) bond motifs is 1. The molecule has 2 aromatic carbocycles. The second kappa shape index (κ2) is 7.40. The van der Waals surface area contributed by atoms with Gasteiger partial charge in [-0.15, -0.1) is 11.3 Å². The van der Waals surface area contributed by atoms with E-state index in [1.165, 1.54) is 24.3 Å². The molecule has 0 aliphatic carbocycles. The Morgan fingerprint density at radius 1 is 1.08 bits per heavy atom. The lowest BCUT2D eigenvalue weighted by atomic mass is 10.2. The lowest BCUT2D eigenvalue weighted by molar-refractivity contribution is -0.124. The maximum Gasteiger partial charge on any atom is 0.348 e. The monoisotopic (exact) mass is 361 g/mol. The standard InChI is InChI=1S/C18H13F2NO3S/c19-12-6-4-11(5-7-12)9-21-17(22)10-24-18(23)16-8-13-14(20)2-1-3-15(13)25-16/h1-8H,9-10H2,(H,21,22). The molecular weight excluding hydrogens is 348 g/mol. The van der Waals surface area contributed by atoms with Crippen molar-refractivity contribution in [3.63, 3.8) is 0 Å². The lowest BCUT2D eigenvalue weighted by Gasteiger charge is -2.06. The van der Waals surface area contributed by atoms with E-state index in [9.17, 15) is 18.4 Å². The third kappa shape index (κ3) is 4.19. The summed E-state index contributed by atoms with van der Waals surface area (Å²) in [7, 11) is 0. The highest BCUT2D eigenvalue weighted by Crippen LogP contribution is 2.28. The molecule has 0 saturated carbocycles. The van der Waals surface area contributed by atoms with Gasteiger partial charge in [0.05, 0.1) is 0 Å². The molecule has 0 unspecified atom stereocenters. The zero-order valence-corrected chi connectivity index (χ0v) is 13.7. The number of esters is 1. The van der Waals surface area contributed by atoms with Gasteiger partial charge < -0.3 is 10.1 Å². The van der Waals surface area contributed by atoms with Crippen molar-refractivity contribution in [2.24, 2.45) is 0 Å². The maximum absolute atomic E-state index is 13.6. The fourth-order valence-corrected chi connectivity index (χ4v) is 3.15. The van der Waals surface area contributed by atoms with Crippen LogP contribution in [-0.4, -0.2) is 18.5 Å². The van der Waals surface area contributed by atoms with E-state index >= 15 is 0 Å². The number of benzene rings is 2. The molecule has 0 fully saturated rings. The van der Waals surface area contributed by atoms with Gasteiger partial charge in [-0.25, -0.2) is 13.6 Å². The van der Waals surface area contributed by atoms with Gasteiger partial charge >= 0.3 is 5.97 Å². The molecule has 7 heteroatoms. The minimum Gasteiger partial charge on any atom is -0.451 e. The maximum atomic E-state index is 13.6. The van der Waals surface area contributed by atoms with Crippen LogP contribution in [0.15, 0.2) is 48.5 Å². The molecular formula is C18H13F2NO3S. The van der Waals surface area contributed by atoms with Crippen molar-refractivity contribution < 1.29 is 23.1 Å². The van der Waals surface area contributed by atoms with Crippen LogP contribution >= 0.6 is 11.3 Å². The van der Waals surface area contributed by atoms with E-state index in [0.717, 1.165) is 16.9 Å². The predicted molar refractivity (Wildman–Crippen MR) is 90.3 cm³/mol. The summed E-state index contributed by atoms with van der Waals surface area (Å²) in [4.78, 5) is 23.9. The molecule has 0 saturated heterocycles. The summed E-state index contributed by atoms with van der Waals surface area (Å²) < 4.78 is 32.0. The number of rotatable bonds is 5. The van der Waals surface area contributed by atoms with Crippen molar-refractivity contribution in [1.82, 2.24) is 5.32 Å². The van der Waals surface area contributed by atoms with Gasteiger partial charge in [-0.2, -0.15) is 0 Å². The van der Waals surface area contributed by atoms with E-state index in [1.807, 2.05) is 0 Å². The van der Waals surface area contributed by atoms with Gasteiger partial charge in [-0.1, -0.05) is 18.2 Å². The summed E-state index contributed by atoms with van der Waals surface area (Å²) in [6.45, 7) is -0.248. The SMILES string of the molecule is O=C(COC(=O)c1cc2c(F)cccc2s1)NCc1ccc(F)cc1. The third-order valence-corrected chi connectivity index (χ3v) is 4.53. The quantitative estimate of drug-likeness (QED) is 0.706. The molecule has 1 aromatic heterocycles. The second-order valence-corrected chi connectivity index (χ2v) is 6.33. The Morgan fingerprint density at radius 2 is 1.84 bits per heavy atom. The first kappa shape index (κ1) is 17.0. The highest BCUT2D eigenvalue weighted by molar-refractivity contribution is 7.20. The molecule has 3 aromatic rings. The summed E-state index contributed by atoms with van der Waals surface area (Å²) in [5.41, 5.74) is 0.723. The van der Waals surface area contributed by atoms with E-state index < -0.39 is 24.3 Å². The van der Waals surface area contributed by atoms with Gasteiger partial charge in [0.25, 0.3) is 5.91 Å². The number of hydrogen-bond donors (Lipinski definition) is 1. The first-order valence-electron chi connectivity index (χ1n) is 7.39. The number of ether oxygens (including phenoxy) is 1. The predicted octanol–water partition coefficient (Wildman–Crippen LogP) is 3.65. The highest BCUT2D eigenvalue weighted by atomic mass is 32.1. The van der Waals surface area contributed by atoms with Crippen LogP contribution in [0.2, 0.25) is 0 Å². The number of carbonyl (C=O) groups is 2. The van der Waals surface area contributed by atoms with Crippen molar-refractivity contribution in [3.05, 3.63) is 70.6 Å². The summed E-state index contributed by atoms with van der Waals surface area (Å²) in [5.74, 6) is -1.93. The van der Waals surface area contributed by atoms with Crippen LogP contribution in [0.5, 0.6) is 0 Å². The Balaban J connectivity index is 1.53. The third-order valence-electron chi connectivity index (χ3n) is 3.45. The fraction of sp³-hybridized carbons (Fsp3) is 0.111. The number of carbonyl (C=O) groups excluding carboxylic acids is 2. The Bertz CT molecular complexity index is 922. The number of nitrogens with one attached hydrogen (secondary N) is 1. The molecule has 1 amide bonds. The van der Waals surface area contributed by atoms with Crippen molar-refractivity contribution in [3.8, 4) is 0 Å². The number of halogens is 2. The van der Waals surface area contributed by atoms with E-state index in [1.54, 1.807) is 24.3 Å². The molecule has 0 bridgehead atoms. The molecule has 0 aliphatic rings. The minimum absolute atomic E-state index is 0.199. The van der Waals surface area contributed by atoms with Gasteiger partial charge in [0, 0.05) is 16.6 Å². The van der Waals surface area contributed by atoms with Crippen LogP contribution in [0.25, 0.3) is 10.1 Å². The summed E-state index contributed by atoms with van der Waals surface area (Å²) in [6.07, 6.45) is 0. The zero-order chi connectivity index (χ0) is 17.8. The van der Waals surface area contributed by atoms with Gasteiger partial charge in [0.15, 0.2) is 6.61 Å². The van der Waals surface area contributed by atoms with Gasteiger partial charge in [-0.3, -0.25) is 4.79 Å². The molecule has 25 heavy (non-hydrogen) atoms. The average molecular weight is 361 g/mol. The smallest absolute Gasteiger partial charge is 0.348 e. The van der Waals surface area contributed by atoms with E-state index in [4.69, 9.17) is 4.74 Å². The minimum atomic E-state index is -0.683. The Labute approximate surface area is 146 Å². The summed E-state index contributed by atoms with van der Waals surface area (Å²) in [6, 6.07) is 11.7. The summed E-state index contributed by atoms with van der Waals surface area (Å²) >= 11 is 1.10. The Hall–Kier alpha value is -2.80. The van der Waals surface area contributed by atoms with Gasteiger partial charge in [0.2, 0.25) is 0 Å². The van der Waals surface area contributed by atoms with Crippen molar-refractivity contribution in [1.29, 1.82) is 0 Å². The highest BCUT2D eigenvalue weighted by Gasteiger charge is 2.15. The molecule has 4 nitrogen and oxygen atoms in total. The van der Waals surface area contributed by atoms with Crippen LogP contribution < -0.4 is 5.32 Å². The van der Waals surface area contributed by atoms with Crippen molar-refractivity contribution in [2.45, 2.75) is 6.54 Å². The first-order valence-corrected chi connectivity index (χ1v) is 8.21. The number of amides is 1. The average Bonchev–Trinajstić information content (AvgIpc) is 3.05. The van der Waals surface area contributed by atoms with Gasteiger partial charge in [-0.05, 0) is 35.9 Å². The second-order valence-electron chi connectivity index (χ2n) is 5.24. The van der Waals surface area contributed by atoms with E-state index in [-0.39, 0.29) is 17.2 Å². The van der Waals surface area contributed by atoms with Crippen LogP contribution in [-0.2, 0) is 16.1 Å². The fourth-order valence-electron chi connectivity index (χ4n) is 2.18. The largest absolute Gasteiger partial charge is 0.451 e. The van der Waals surface area contributed by atoms with Crippen LogP contribution in [0.3, 0.4) is 0 Å². The van der Waals surface area contributed by atoms with Crippen molar-refractivity contribution >= 4 is 33.3 Å². The lowest BCUT2D eigenvalue weighted by Crippen LogP contribution is -2.28. The molecule has 0 radical (unpaired) electrons. The molecule has 128 valence electrons. The van der Waals surface area contributed by atoms with Crippen LogP contribution in [0, 0.1) is 11.6 Å². The molecule has 1 N–H and O–H groups in total. The van der Waals surface area contributed by atoms with Gasteiger partial charge in [0.1, 0.15) is 16.5 Å². The Morgan fingerprint density at radius 3 is 2.56 bits per heavy atom. The Kier molecular flexibility index (Phi) is 5.04. The first-order chi connectivity index (χ1) is 12.0. The normalized spacial score (nSPS) is 10.6. The van der Waals surface area contributed by atoms with Crippen LogP contribution in [0.4, 0.5) is 8.78 Å². The number of hydrogen-bond acceptors (Lipinski definition) is 4. The molecule has 0 aliphatic heterocycles.